The third-order valence-corrected chi connectivity index (χ3v) is 2.95. The van der Waals surface area contributed by atoms with Crippen LogP contribution in [0, 0.1) is 0 Å². The second kappa shape index (κ2) is 5.46. The molecule has 1 aromatic heterocycles. The molecule has 2 rings (SSSR count). The summed E-state index contributed by atoms with van der Waals surface area (Å²) >= 11 is 5.86. The second-order valence-electron chi connectivity index (χ2n) is 3.93. The Morgan fingerprint density at radius 1 is 1.47 bits per heavy atom. The summed E-state index contributed by atoms with van der Waals surface area (Å²) in [5, 5.41) is 12.5. The van der Waals surface area contributed by atoms with E-state index in [0.717, 1.165) is 25.9 Å². The average molecular weight is 258 g/mol. The predicted octanol–water partition coefficient (Wildman–Crippen LogP) is 0.918. The Labute approximate surface area is 105 Å². The first-order valence-corrected chi connectivity index (χ1v) is 6.15. The molecule has 17 heavy (non-hydrogen) atoms. The van der Waals surface area contributed by atoms with E-state index in [1.807, 2.05) is 11.8 Å². The molecule has 1 fully saturated rings. The standard InChI is InChI=1S/C10H16ClN5O/c1-2-12-9-13-8(11)14-10(15-9)16-5-3-4-7(16)6-17/h7,17H,2-6H2,1H3,(H,12,13,14,15). The van der Waals surface area contributed by atoms with Crippen LogP contribution < -0.4 is 10.2 Å². The minimum Gasteiger partial charge on any atom is -0.394 e. The quantitative estimate of drug-likeness (QED) is 0.836. The number of anilines is 2. The number of halogens is 1. The van der Waals surface area contributed by atoms with Gasteiger partial charge in [-0.3, -0.25) is 0 Å². The van der Waals surface area contributed by atoms with Crippen molar-refractivity contribution < 1.29 is 5.11 Å². The molecule has 0 amide bonds. The lowest BCUT2D eigenvalue weighted by Gasteiger charge is -2.23. The fraction of sp³-hybridized carbons (Fsp3) is 0.700. The molecule has 0 radical (unpaired) electrons. The smallest absolute Gasteiger partial charge is 0.231 e. The molecule has 1 aliphatic rings. The highest BCUT2D eigenvalue weighted by Crippen LogP contribution is 2.23. The summed E-state index contributed by atoms with van der Waals surface area (Å²) in [6.45, 7) is 3.64. The van der Waals surface area contributed by atoms with Crippen molar-refractivity contribution in [2.45, 2.75) is 25.8 Å². The fourth-order valence-corrected chi connectivity index (χ4v) is 2.15. The van der Waals surface area contributed by atoms with Crippen LogP contribution in [0.1, 0.15) is 19.8 Å². The molecule has 2 heterocycles. The predicted molar refractivity (Wildman–Crippen MR) is 66.5 cm³/mol. The first kappa shape index (κ1) is 12.3. The Bertz CT molecular complexity index is 389. The zero-order valence-electron chi connectivity index (χ0n) is 9.73. The summed E-state index contributed by atoms with van der Waals surface area (Å²) in [4.78, 5) is 14.4. The van der Waals surface area contributed by atoms with Gasteiger partial charge >= 0.3 is 0 Å². The fourth-order valence-electron chi connectivity index (χ4n) is 1.99. The highest BCUT2D eigenvalue weighted by Gasteiger charge is 2.26. The first-order chi connectivity index (χ1) is 8.24. The molecular formula is C10H16ClN5O. The SMILES string of the molecule is CCNc1nc(Cl)nc(N2CCCC2CO)n1. The summed E-state index contributed by atoms with van der Waals surface area (Å²) in [5.41, 5.74) is 0. The van der Waals surface area contributed by atoms with Gasteiger partial charge in [0.1, 0.15) is 0 Å². The van der Waals surface area contributed by atoms with Crippen molar-refractivity contribution in [1.82, 2.24) is 15.0 Å². The normalized spacial score (nSPS) is 19.7. The van der Waals surface area contributed by atoms with E-state index in [2.05, 4.69) is 20.3 Å². The largest absolute Gasteiger partial charge is 0.394 e. The molecular weight excluding hydrogens is 242 g/mol. The molecule has 1 aliphatic heterocycles. The van der Waals surface area contributed by atoms with Crippen molar-refractivity contribution in [3.05, 3.63) is 5.28 Å². The van der Waals surface area contributed by atoms with E-state index < -0.39 is 0 Å². The van der Waals surface area contributed by atoms with Gasteiger partial charge in [0.2, 0.25) is 17.2 Å². The topological polar surface area (TPSA) is 74.2 Å². The summed E-state index contributed by atoms with van der Waals surface area (Å²) in [6, 6.07) is 0.0861. The second-order valence-corrected chi connectivity index (χ2v) is 4.27. The van der Waals surface area contributed by atoms with E-state index in [-0.39, 0.29) is 17.9 Å². The molecule has 1 aromatic rings. The minimum absolute atomic E-state index is 0.0861. The summed E-state index contributed by atoms with van der Waals surface area (Å²) in [7, 11) is 0. The molecule has 2 N–H and O–H groups in total. The van der Waals surface area contributed by atoms with Crippen LogP contribution in [0.3, 0.4) is 0 Å². The summed E-state index contributed by atoms with van der Waals surface area (Å²) < 4.78 is 0. The number of nitrogens with zero attached hydrogens (tertiary/aromatic N) is 4. The van der Waals surface area contributed by atoms with Crippen molar-refractivity contribution in [2.24, 2.45) is 0 Å². The maximum absolute atomic E-state index is 9.28. The Balaban J connectivity index is 2.24. The van der Waals surface area contributed by atoms with E-state index in [1.165, 1.54) is 0 Å². The van der Waals surface area contributed by atoms with Gasteiger partial charge in [0.15, 0.2) is 0 Å². The molecule has 6 nitrogen and oxygen atoms in total. The zero-order chi connectivity index (χ0) is 12.3. The molecule has 0 aliphatic carbocycles. The maximum Gasteiger partial charge on any atom is 0.231 e. The van der Waals surface area contributed by atoms with Crippen LogP contribution in [-0.2, 0) is 0 Å². The maximum atomic E-state index is 9.28. The van der Waals surface area contributed by atoms with Crippen LogP contribution in [0.5, 0.6) is 0 Å². The van der Waals surface area contributed by atoms with Gasteiger partial charge in [0.25, 0.3) is 0 Å². The molecule has 1 atom stereocenters. The van der Waals surface area contributed by atoms with Crippen molar-refractivity contribution >= 4 is 23.5 Å². The van der Waals surface area contributed by atoms with Crippen LogP contribution in [0.25, 0.3) is 0 Å². The minimum atomic E-state index is 0.0861. The van der Waals surface area contributed by atoms with E-state index in [1.54, 1.807) is 0 Å². The van der Waals surface area contributed by atoms with Gasteiger partial charge in [-0.05, 0) is 31.4 Å². The van der Waals surface area contributed by atoms with Crippen LogP contribution >= 0.6 is 11.6 Å². The van der Waals surface area contributed by atoms with E-state index >= 15 is 0 Å². The van der Waals surface area contributed by atoms with Gasteiger partial charge in [0.05, 0.1) is 12.6 Å². The van der Waals surface area contributed by atoms with Crippen LogP contribution in [0.15, 0.2) is 0 Å². The number of nitrogens with one attached hydrogen (secondary N) is 1. The average Bonchev–Trinajstić information content (AvgIpc) is 2.76. The van der Waals surface area contributed by atoms with Gasteiger partial charge in [0, 0.05) is 13.1 Å². The zero-order valence-corrected chi connectivity index (χ0v) is 10.5. The number of rotatable bonds is 4. The molecule has 1 unspecified atom stereocenters. The highest BCUT2D eigenvalue weighted by atomic mass is 35.5. The van der Waals surface area contributed by atoms with Gasteiger partial charge in [-0.15, -0.1) is 0 Å². The van der Waals surface area contributed by atoms with Crippen LogP contribution in [-0.4, -0.2) is 45.8 Å². The molecule has 1 saturated heterocycles. The number of aromatic nitrogens is 3. The van der Waals surface area contributed by atoms with Crippen molar-refractivity contribution in [3.8, 4) is 0 Å². The number of aliphatic hydroxyl groups excluding tert-OH is 1. The molecule has 0 saturated carbocycles. The van der Waals surface area contributed by atoms with E-state index in [9.17, 15) is 5.11 Å². The lowest BCUT2D eigenvalue weighted by atomic mass is 10.2. The Hall–Kier alpha value is -1.14. The van der Waals surface area contributed by atoms with Crippen molar-refractivity contribution in [1.29, 1.82) is 0 Å². The third kappa shape index (κ3) is 2.76. The molecule has 0 spiro atoms. The number of hydrogen-bond acceptors (Lipinski definition) is 6. The highest BCUT2D eigenvalue weighted by molar-refractivity contribution is 6.28. The lowest BCUT2D eigenvalue weighted by Crippen LogP contribution is -2.33. The Kier molecular flexibility index (Phi) is 3.96. The van der Waals surface area contributed by atoms with Crippen LogP contribution in [0.2, 0.25) is 5.28 Å². The van der Waals surface area contributed by atoms with E-state index in [0.29, 0.717) is 11.9 Å². The van der Waals surface area contributed by atoms with Crippen molar-refractivity contribution in [2.75, 3.05) is 29.9 Å². The first-order valence-electron chi connectivity index (χ1n) is 5.77. The number of aliphatic hydroxyl groups is 1. The third-order valence-electron chi connectivity index (χ3n) is 2.78. The van der Waals surface area contributed by atoms with Gasteiger partial charge in [-0.25, -0.2) is 0 Å². The molecule has 94 valence electrons. The Morgan fingerprint density at radius 2 is 2.29 bits per heavy atom. The number of hydrogen-bond donors (Lipinski definition) is 2. The van der Waals surface area contributed by atoms with Gasteiger partial charge in [-0.1, -0.05) is 0 Å². The lowest BCUT2D eigenvalue weighted by molar-refractivity contribution is 0.265. The summed E-state index contributed by atoms with van der Waals surface area (Å²) in [6.07, 6.45) is 1.99. The van der Waals surface area contributed by atoms with E-state index in [4.69, 9.17) is 11.6 Å². The van der Waals surface area contributed by atoms with Gasteiger partial charge < -0.3 is 15.3 Å². The van der Waals surface area contributed by atoms with Crippen molar-refractivity contribution in [3.63, 3.8) is 0 Å². The molecule has 0 bridgehead atoms. The molecule has 0 aromatic carbocycles. The Morgan fingerprint density at radius 3 is 3.00 bits per heavy atom. The monoisotopic (exact) mass is 257 g/mol. The van der Waals surface area contributed by atoms with Crippen LogP contribution in [0.4, 0.5) is 11.9 Å². The van der Waals surface area contributed by atoms with Gasteiger partial charge in [-0.2, -0.15) is 15.0 Å². The summed E-state index contributed by atoms with van der Waals surface area (Å²) in [5.74, 6) is 1.02. The molecule has 7 heteroatoms.